The van der Waals surface area contributed by atoms with Crippen molar-refractivity contribution in [1.82, 2.24) is 4.98 Å². The molecular formula is C20H18N2O4S. The number of hydrogen-bond donors (Lipinski definition) is 1. The number of aromatic nitrogens is 1. The molecule has 7 heteroatoms. The number of nitrogens with one attached hydrogen (secondary N) is 1. The number of esters is 2. The Balaban J connectivity index is 1.98. The maximum atomic E-state index is 12.0. The van der Waals surface area contributed by atoms with Crippen molar-refractivity contribution in [3.05, 3.63) is 59.8 Å². The zero-order valence-electron chi connectivity index (χ0n) is 15.1. The summed E-state index contributed by atoms with van der Waals surface area (Å²) in [6.45, 7) is 1.90. The van der Waals surface area contributed by atoms with E-state index >= 15 is 0 Å². The van der Waals surface area contributed by atoms with E-state index in [9.17, 15) is 9.59 Å². The molecule has 0 atom stereocenters. The van der Waals surface area contributed by atoms with Crippen LogP contribution in [-0.2, 0) is 19.1 Å². The number of para-hydroxylation sites is 1. The molecule has 1 N–H and O–H groups in total. The highest BCUT2D eigenvalue weighted by Crippen LogP contribution is 2.32. The average molecular weight is 382 g/mol. The third-order valence-electron chi connectivity index (χ3n) is 3.92. The predicted molar refractivity (Wildman–Crippen MR) is 106 cm³/mol. The number of ether oxygens (including phenoxy) is 2. The Morgan fingerprint density at radius 3 is 2.59 bits per heavy atom. The first-order chi connectivity index (χ1) is 13.0. The van der Waals surface area contributed by atoms with Crippen LogP contribution in [0.4, 0.5) is 5.69 Å². The van der Waals surface area contributed by atoms with Gasteiger partial charge in [0.15, 0.2) is 0 Å². The normalized spacial score (nSPS) is 11.3. The highest BCUT2D eigenvalue weighted by molar-refractivity contribution is 7.21. The number of rotatable bonds is 5. The molecule has 1 heterocycles. The van der Waals surface area contributed by atoms with Crippen LogP contribution in [0.25, 0.3) is 20.8 Å². The number of methoxy groups -OCH3 is 2. The highest BCUT2D eigenvalue weighted by atomic mass is 32.1. The van der Waals surface area contributed by atoms with Crippen LogP contribution in [0.15, 0.2) is 54.2 Å². The molecule has 0 amide bonds. The molecule has 0 aliphatic rings. The summed E-state index contributed by atoms with van der Waals surface area (Å²) in [5, 5.41) is 3.84. The van der Waals surface area contributed by atoms with E-state index in [0.717, 1.165) is 32.4 Å². The van der Waals surface area contributed by atoms with Crippen LogP contribution in [0.1, 0.15) is 5.56 Å². The van der Waals surface area contributed by atoms with Crippen LogP contribution >= 0.6 is 11.3 Å². The Hall–Kier alpha value is -3.19. The summed E-state index contributed by atoms with van der Waals surface area (Å²) in [5.41, 5.74) is 3.42. The molecule has 138 valence electrons. The lowest BCUT2D eigenvalue weighted by Crippen LogP contribution is -2.16. The van der Waals surface area contributed by atoms with Gasteiger partial charge in [-0.25, -0.2) is 14.6 Å². The molecule has 0 spiro atoms. The Bertz CT molecular complexity index is 1010. The third-order valence-corrected chi connectivity index (χ3v) is 5.00. The summed E-state index contributed by atoms with van der Waals surface area (Å²) < 4.78 is 10.4. The van der Waals surface area contributed by atoms with Crippen molar-refractivity contribution in [3.63, 3.8) is 0 Å². The van der Waals surface area contributed by atoms with E-state index in [0.29, 0.717) is 5.69 Å². The van der Waals surface area contributed by atoms with Gasteiger partial charge in [-0.3, -0.25) is 0 Å². The van der Waals surface area contributed by atoms with Gasteiger partial charge in [0.2, 0.25) is 0 Å². The highest BCUT2D eigenvalue weighted by Gasteiger charge is 2.15. The van der Waals surface area contributed by atoms with Gasteiger partial charge in [0, 0.05) is 11.3 Å². The molecule has 3 rings (SSSR count). The topological polar surface area (TPSA) is 77.5 Å². The van der Waals surface area contributed by atoms with Gasteiger partial charge >= 0.3 is 11.9 Å². The molecule has 0 radical (unpaired) electrons. The van der Waals surface area contributed by atoms with Gasteiger partial charge in [0.05, 0.1) is 30.5 Å². The van der Waals surface area contributed by atoms with Crippen molar-refractivity contribution >= 4 is 39.2 Å². The minimum atomic E-state index is -0.662. The van der Waals surface area contributed by atoms with Gasteiger partial charge in [-0.1, -0.05) is 24.3 Å². The maximum Gasteiger partial charge on any atom is 0.354 e. The van der Waals surface area contributed by atoms with E-state index in [-0.39, 0.29) is 5.70 Å². The van der Waals surface area contributed by atoms with Gasteiger partial charge in [-0.05, 0) is 30.7 Å². The van der Waals surface area contributed by atoms with Crippen molar-refractivity contribution < 1.29 is 19.1 Å². The predicted octanol–water partition coefficient (Wildman–Crippen LogP) is 3.91. The zero-order valence-corrected chi connectivity index (χ0v) is 15.9. The first-order valence-electron chi connectivity index (χ1n) is 8.13. The van der Waals surface area contributed by atoms with Gasteiger partial charge < -0.3 is 14.8 Å². The number of benzene rings is 2. The molecule has 0 fully saturated rings. The van der Waals surface area contributed by atoms with Crippen molar-refractivity contribution in [2.45, 2.75) is 6.92 Å². The number of fused-ring (bicyclic) bond motifs is 1. The molecule has 3 aromatic rings. The summed E-state index contributed by atoms with van der Waals surface area (Å²) in [7, 11) is 2.49. The van der Waals surface area contributed by atoms with Crippen molar-refractivity contribution in [2.24, 2.45) is 0 Å². The molecule has 0 bridgehead atoms. The first-order valence-corrected chi connectivity index (χ1v) is 8.95. The molecule has 1 aromatic heterocycles. The van der Waals surface area contributed by atoms with Crippen molar-refractivity contribution in [3.8, 4) is 10.6 Å². The van der Waals surface area contributed by atoms with E-state index in [2.05, 4.69) is 15.0 Å². The molecule has 27 heavy (non-hydrogen) atoms. The number of hydrogen-bond acceptors (Lipinski definition) is 7. The second-order valence-corrected chi connectivity index (χ2v) is 6.74. The number of nitrogens with zero attached hydrogens (tertiary/aromatic N) is 1. The minimum Gasteiger partial charge on any atom is -0.466 e. The Labute approximate surface area is 160 Å². The molecule has 0 aliphatic carbocycles. The minimum absolute atomic E-state index is 0.00565. The summed E-state index contributed by atoms with van der Waals surface area (Å²) in [6, 6.07) is 13.7. The second-order valence-electron chi connectivity index (χ2n) is 5.71. The Morgan fingerprint density at radius 2 is 1.89 bits per heavy atom. The quantitative estimate of drug-likeness (QED) is 0.532. The van der Waals surface area contributed by atoms with E-state index < -0.39 is 11.9 Å². The number of anilines is 1. The SMILES string of the molecule is COC(=O)/C=C(/Nc1cc(-c2nc3ccccc3s2)ccc1C)C(=O)OC. The van der Waals surface area contributed by atoms with Crippen LogP contribution in [-0.4, -0.2) is 31.1 Å². The first kappa shape index (κ1) is 18.6. The van der Waals surface area contributed by atoms with Gasteiger partial charge in [0.1, 0.15) is 10.7 Å². The van der Waals surface area contributed by atoms with Gasteiger partial charge in [0.25, 0.3) is 0 Å². The van der Waals surface area contributed by atoms with E-state index in [1.165, 1.54) is 14.2 Å². The van der Waals surface area contributed by atoms with Crippen LogP contribution in [0.5, 0.6) is 0 Å². The Kier molecular flexibility index (Phi) is 5.52. The van der Waals surface area contributed by atoms with Gasteiger partial charge in [-0.2, -0.15) is 0 Å². The average Bonchev–Trinajstić information content (AvgIpc) is 3.12. The van der Waals surface area contributed by atoms with E-state index in [1.54, 1.807) is 11.3 Å². The Morgan fingerprint density at radius 1 is 1.11 bits per heavy atom. The lowest BCUT2D eigenvalue weighted by molar-refractivity contribution is -0.138. The lowest BCUT2D eigenvalue weighted by atomic mass is 10.1. The number of carbonyl (C=O) groups is 2. The maximum absolute atomic E-state index is 12.0. The third kappa shape index (κ3) is 4.15. The van der Waals surface area contributed by atoms with Gasteiger partial charge in [-0.15, -0.1) is 11.3 Å². The zero-order chi connectivity index (χ0) is 19.4. The largest absolute Gasteiger partial charge is 0.466 e. The fourth-order valence-electron chi connectivity index (χ4n) is 2.46. The molecule has 6 nitrogen and oxygen atoms in total. The number of thiazole rings is 1. The summed E-state index contributed by atoms with van der Waals surface area (Å²) in [6.07, 6.45) is 1.07. The van der Waals surface area contributed by atoms with Crippen molar-refractivity contribution in [2.75, 3.05) is 19.5 Å². The fourth-order valence-corrected chi connectivity index (χ4v) is 3.43. The number of aryl methyl sites for hydroxylation is 1. The van der Waals surface area contributed by atoms with Crippen LogP contribution in [0.2, 0.25) is 0 Å². The monoisotopic (exact) mass is 382 g/mol. The van der Waals surface area contributed by atoms with E-state index in [4.69, 9.17) is 4.74 Å². The summed E-state index contributed by atoms with van der Waals surface area (Å²) in [5.74, 6) is -1.31. The molecule has 2 aromatic carbocycles. The standard InChI is InChI=1S/C20H18N2O4S/c1-12-8-9-13(19-22-14-6-4-5-7-17(14)27-19)10-15(12)21-16(20(24)26-3)11-18(23)25-2/h4-11,21H,1-3H3/b16-11+. The van der Waals surface area contributed by atoms with Crippen LogP contribution in [0.3, 0.4) is 0 Å². The second kappa shape index (κ2) is 8.01. The van der Waals surface area contributed by atoms with Crippen LogP contribution < -0.4 is 5.32 Å². The molecule has 0 saturated heterocycles. The fraction of sp³-hybridized carbons (Fsp3) is 0.150. The summed E-state index contributed by atoms with van der Waals surface area (Å²) in [4.78, 5) is 28.2. The summed E-state index contributed by atoms with van der Waals surface area (Å²) >= 11 is 1.59. The molecule has 0 saturated carbocycles. The van der Waals surface area contributed by atoms with Crippen LogP contribution in [0, 0.1) is 6.92 Å². The molecule has 0 unspecified atom stereocenters. The molecular weight excluding hydrogens is 364 g/mol. The van der Waals surface area contributed by atoms with Crippen molar-refractivity contribution in [1.29, 1.82) is 0 Å². The molecule has 0 aliphatic heterocycles. The number of carbonyl (C=O) groups excluding carboxylic acids is 2. The smallest absolute Gasteiger partial charge is 0.354 e. The van der Waals surface area contributed by atoms with E-state index in [1.807, 2.05) is 49.4 Å². The lowest BCUT2D eigenvalue weighted by Gasteiger charge is -2.12.